The van der Waals surface area contributed by atoms with Gasteiger partial charge in [-0.2, -0.15) is 13.2 Å². The van der Waals surface area contributed by atoms with Crippen molar-refractivity contribution >= 4 is 23.2 Å². The molecule has 0 bridgehead atoms. The summed E-state index contributed by atoms with van der Waals surface area (Å²) in [6, 6.07) is 8.85. The average Bonchev–Trinajstić information content (AvgIpc) is 3.30. The minimum absolute atomic E-state index is 0.00754. The normalized spacial score (nSPS) is 22.2. The summed E-state index contributed by atoms with van der Waals surface area (Å²) in [4.78, 5) is 29.7. The lowest BCUT2D eigenvalue weighted by molar-refractivity contribution is -0.138. The Labute approximate surface area is 164 Å². The molecule has 1 saturated carbocycles. The Morgan fingerprint density at radius 3 is 2.29 bits per heavy atom. The van der Waals surface area contributed by atoms with Crippen molar-refractivity contribution in [1.82, 2.24) is 9.80 Å². The summed E-state index contributed by atoms with van der Waals surface area (Å²) in [6.45, 7) is 1.19. The summed E-state index contributed by atoms with van der Waals surface area (Å²) in [5.74, 6) is -0.276. The van der Waals surface area contributed by atoms with Crippen LogP contribution in [0.1, 0.15) is 33.1 Å². The van der Waals surface area contributed by atoms with E-state index in [1.54, 1.807) is 16.2 Å². The Kier molecular flexibility index (Phi) is 4.91. The number of carbonyl (C=O) groups is 2. The third kappa shape index (κ3) is 3.65. The lowest BCUT2D eigenvalue weighted by atomic mass is 10.1. The number of alkyl halides is 3. The third-order valence-electron chi connectivity index (χ3n) is 5.36. The predicted molar refractivity (Wildman–Crippen MR) is 99.1 cm³/mol. The van der Waals surface area contributed by atoms with Gasteiger partial charge in [-0.3, -0.25) is 9.59 Å². The van der Waals surface area contributed by atoms with E-state index in [0.29, 0.717) is 13.1 Å². The number of benzene rings is 1. The zero-order chi connectivity index (χ0) is 19.9. The molecule has 2 aliphatic rings. The average molecular weight is 408 g/mol. The molecule has 2 atom stereocenters. The monoisotopic (exact) mass is 408 g/mol. The molecule has 1 saturated heterocycles. The number of carbonyl (C=O) groups excluding carboxylic acids is 2. The van der Waals surface area contributed by atoms with Gasteiger partial charge in [-0.25, -0.2) is 0 Å². The van der Waals surface area contributed by atoms with Gasteiger partial charge in [0.15, 0.2) is 0 Å². The summed E-state index contributed by atoms with van der Waals surface area (Å²) in [7, 11) is 0. The van der Waals surface area contributed by atoms with Crippen LogP contribution in [0.4, 0.5) is 13.2 Å². The fourth-order valence-electron chi connectivity index (χ4n) is 3.74. The highest BCUT2D eigenvalue weighted by molar-refractivity contribution is 7.10. The molecule has 2 amide bonds. The Morgan fingerprint density at radius 2 is 1.64 bits per heavy atom. The van der Waals surface area contributed by atoms with Crippen LogP contribution in [0.3, 0.4) is 0 Å². The number of halogens is 3. The van der Waals surface area contributed by atoms with Gasteiger partial charge in [0.1, 0.15) is 0 Å². The van der Waals surface area contributed by atoms with E-state index in [1.807, 2.05) is 17.5 Å². The highest BCUT2D eigenvalue weighted by atomic mass is 32.1. The lowest BCUT2D eigenvalue weighted by Gasteiger charge is -2.35. The molecule has 4 nitrogen and oxygen atoms in total. The van der Waals surface area contributed by atoms with E-state index in [4.69, 9.17) is 0 Å². The molecule has 0 N–H and O–H groups in total. The van der Waals surface area contributed by atoms with Crippen LogP contribution in [-0.2, 0) is 11.0 Å². The topological polar surface area (TPSA) is 40.6 Å². The summed E-state index contributed by atoms with van der Waals surface area (Å²) < 4.78 is 39.5. The van der Waals surface area contributed by atoms with E-state index in [-0.39, 0.29) is 36.4 Å². The van der Waals surface area contributed by atoms with Crippen LogP contribution < -0.4 is 0 Å². The summed E-state index contributed by atoms with van der Waals surface area (Å²) >= 11 is 1.65. The molecule has 1 aliphatic heterocycles. The van der Waals surface area contributed by atoms with Crippen molar-refractivity contribution in [2.45, 2.75) is 18.5 Å². The van der Waals surface area contributed by atoms with Crippen LogP contribution in [0, 0.1) is 5.92 Å². The van der Waals surface area contributed by atoms with Gasteiger partial charge in [0.05, 0.1) is 11.1 Å². The molecule has 1 aliphatic carbocycles. The number of hydrogen-bond donors (Lipinski definition) is 0. The zero-order valence-corrected chi connectivity index (χ0v) is 15.8. The maximum absolute atomic E-state index is 13.2. The molecule has 0 radical (unpaired) electrons. The Bertz CT molecular complexity index is 874. The number of thiophene rings is 1. The first-order chi connectivity index (χ1) is 13.4. The Hall–Kier alpha value is -2.35. The van der Waals surface area contributed by atoms with Crippen LogP contribution >= 0.6 is 11.3 Å². The minimum Gasteiger partial charge on any atom is -0.339 e. The van der Waals surface area contributed by atoms with Gasteiger partial charge < -0.3 is 9.80 Å². The van der Waals surface area contributed by atoms with E-state index in [2.05, 4.69) is 0 Å². The van der Waals surface area contributed by atoms with E-state index < -0.39 is 17.6 Å². The molecular formula is C20H19F3N2O2S. The standard InChI is InChI=1S/C20H19F3N2O2S/c21-20(22,23)16-5-2-1-4-13(16)18(26)24-7-9-25(10-8-24)19(27)15-12-14(15)17-6-3-11-28-17/h1-6,11,14-15H,7-10,12H2. The van der Waals surface area contributed by atoms with Crippen molar-refractivity contribution in [2.24, 2.45) is 5.92 Å². The molecule has 0 spiro atoms. The van der Waals surface area contributed by atoms with Crippen LogP contribution in [0.15, 0.2) is 41.8 Å². The van der Waals surface area contributed by atoms with E-state index in [9.17, 15) is 22.8 Å². The maximum Gasteiger partial charge on any atom is 0.417 e. The molecule has 148 valence electrons. The first kappa shape index (κ1) is 19.0. The second-order valence-corrected chi connectivity index (χ2v) is 8.10. The van der Waals surface area contributed by atoms with E-state index in [1.165, 1.54) is 28.0 Å². The van der Waals surface area contributed by atoms with Crippen LogP contribution in [0.5, 0.6) is 0 Å². The molecule has 4 rings (SSSR count). The molecule has 2 unspecified atom stereocenters. The second kappa shape index (κ2) is 7.24. The first-order valence-corrected chi connectivity index (χ1v) is 10.0. The van der Waals surface area contributed by atoms with Crippen molar-refractivity contribution in [1.29, 1.82) is 0 Å². The maximum atomic E-state index is 13.2. The predicted octanol–water partition coefficient (Wildman–Crippen LogP) is 3.86. The van der Waals surface area contributed by atoms with Crippen molar-refractivity contribution in [3.05, 3.63) is 57.8 Å². The van der Waals surface area contributed by atoms with Gasteiger partial charge in [-0.05, 0) is 30.0 Å². The molecule has 8 heteroatoms. The van der Waals surface area contributed by atoms with Gasteiger partial charge in [0.2, 0.25) is 5.91 Å². The van der Waals surface area contributed by atoms with Crippen molar-refractivity contribution in [3.63, 3.8) is 0 Å². The SMILES string of the molecule is O=C(c1ccccc1C(F)(F)F)N1CCN(C(=O)C2CC2c2cccs2)CC1. The summed E-state index contributed by atoms with van der Waals surface area (Å²) in [5, 5.41) is 2.00. The highest BCUT2D eigenvalue weighted by Gasteiger charge is 2.47. The van der Waals surface area contributed by atoms with Crippen molar-refractivity contribution in [3.8, 4) is 0 Å². The number of amides is 2. The number of piperazine rings is 1. The zero-order valence-electron chi connectivity index (χ0n) is 15.0. The van der Waals surface area contributed by atoms with Crippen LogP contribution in [-0.4, -0.2) is 47.8 Å². The second-order valence-electron chi connectivity index (χ2n) is 7.12. The quantitative estimate of drug-likeness (QED) is 0.774. The third-order valence-corrected chi connectivity index (χ3v) is 6.36. The molecule has 2 heterocycles. The van der Waals surface area contributed by atoms with Gasteiger partial charge in [-0.15, -0.1) is 11.3 Å². The largest absolute Gasteiger partial charge is 0.417 e. The number of nitrogens with zero attached hydrogens (tertiary/aromatic N) is 2. The van der Waals surface area contributed by atoms with Crippen molar-refractivity contribution in [2.75, 3.05) is 26.2 Å². The van der Waals surface area contributed by atoms with Crippen LogP contribution in [0.2, 0.25) is 0 Å². The fourth-order valence-corrected chi connectivity index (χ4v) is 4.64. The highest BCUT2D eigenvalue weighted by Crippen LogP contribution is 2.50. The van der Waals surface area contributed by atoms with Gasteiger partial charge in [-0.1, -0.05) is 18.2 Å². The minimum atomic E-state index is -4.58. The molecule has 2 fully saturated rings. The number of rotatable bonds is 3. The first-order valence-electron chi connectivity index (χ1n) is 9.14. The van der Waals surface area contributed by atoms with Gasteiger partial charge >= 0.3 is 6.18 Å². The Balaban J connectivity index is 1.37. The summed E-state index contributed by atoms with van der Waals surface area (Å²) in [6.07, 6.45) is -3.73. The number of hydrogen-bond acceptors (Lipinski definition) is 3. The van der Waals surface area contributed by atoms with Gasteiger partial charge in [0, 0.05) is 42.9 Å². The fraction of sp³-hybridized carbons (Fsp3) is 0.400. The Morgan fingerprint density at radius 1 is 0.964 bits per heavy atom. The van der Waals surface area contributed by atoms with Crippen LogP contribution in [0.25, 0.3) is 0 Å². The van der Waals surface area contributed by atoms with E-state index in [0.717, 1.165) is 12.5 Å². The van der Waals surface area contributed by atoms with E-state index >= 15 is 0 Å². The van der Waals surface area contributed by atoms with Crippen molar-refractivity contribution < 1.29 is 22.8 Å². The molecule has 1 aromatic heterocycles. The lowest BCUT2D eigenvalue weighted by Crippen LogP contribution is -2.51. The molecule has 1 aromatic carbocycles. The smallest absolute Gasteiger partial charge is 0.339 e. The molecule has 28 heavy (non-hydrogen) atoms. The van der Waals surface area contributed by atoms with Gasteiger partial charge in [0.25, 0.3) is 5.91 Å². The summed E-state index contributed by atoms with van der Waals surface area (Å²) in [5.41, 5.74) is -1.26. The molecular weight excluding hydrogens is 389 g/mol. The molecule has 2 aromatic rings.